The minimum atomic E-state index is -1.05. The van der Waals surface area contributed by atoms with Gasteiger partial charge in [-0.05, 0) is 55.0 Å². The summed E-state index contributed by atoms with van der Waals surface area (Å²) in [5.74, 6) is -0.196. The largest absolute Gasteiger partial charge is 0.486 e. The Morgan fingerprint density at radius 3 is 2.59 bits per heavy atom. The Hall–Kier alpha value is -3.52. The lowest BCUT2D eigenvalue weighted by Crippen LogP contribution is -2.42. The van der Waals surface area contributed by atoms with Crippen LogP contribution >= 0.6 is 15.9 Å². The van der Waals surface area contributed by atoms with E-state index < -0.39 is 12.6 Å². The molecular weight excluding hydrogens is 500 g/mol. The molecule has 1 N–H and O–H groups in total. The number of fused-ring (bicyclic) bond motifs is 1. The number of anilines is 2. The van der Waals surface area contributed by atoms with Gasteiger partial charge in [0, 0.05) is 28.8 Å². The molecule has 0 aromatic heterocycles. The number of amides is 1. The molecule has 34 heavy (non-hydrogen) atoms. The number of hydrogen-bond donors (Lipinski definition) is 1. The highest BCUT2D eigenvalue weighted by molar-refractivity contribution is 9.10. The summed E-state index contributed by atoms with van der Waals surface area (Å²) in [4.78, 5) is 28.4. The van der Waals surface area contributed by atoms with E-state index in [9.17, 15) is 9.59 Å². The molecule has 0 unspecified atom stereocenters. The van der Waals surface area contributed by atoms with Crippen molar-refractivity contribution in [2.75, 3.05) is 42.6 Å². The van der Waals surface area contributed by atoms with Gasteiger partial charge in [-0.1, -0.05) is 40.2 Å². The summed E-state index contributed by atoms with van der Waals surface area (Å²) in [5, 5.41) is 8.95. The topological polar surface area (TPSA) is 79.3 Å². The first-order valence-corrected chi connectivity index (χ1v) is 11.7. The van der Waals surface area contributed by atoms with Crippen LogP contribution in [-0.4, -0.2) is 49.8 Å². The lowest BCUT2D eigenvalue weighted by molar-refractivity contribution is -0.139. The molecule has 3 aromatic rings. The zero-order valence-electron chi connectivity index (χ0n) is 18.7. The van der Waals surface area contributed by atoms with Gasteiger partial charge in [0.25, 0.3) is 5.91 Å². The van der Waals surface area contributed by atoms with Crippen LogP contribution in [-0.2, 0) is 4.79 Å². The normalized spacial score (nSPS) is 12.5. The van der Waals surface area contributed by atoms with Crippen LogP contribution < -0.4 is 19.3 Å². The number of carboxylic acids is 1. The highest BCUT2D eigenvalue weighted by Gasteiger charge is 2.25. The van der Waals surface area contributed by atoms with Crippen LogP contribution in [0, 0.1) is 6.92 Å². The number of benzene rings is 3. The van der Waals surface area contributed by atoms with E-state index in [1.807, 2.05) is 67.6 Å². The summed E-state index contributed by atoms with van der Waals surface area (Å²) in [6.45, 7) is 3.58. The second-order valence-electron chi connectivity index (χ2n) is 7.87. The van der Waals surface area contributed by atoms with E-state index >= 15 is 0 Å². The number of aryl methyl sites for hydroxylation is 1. The number of ether oxygens (including phenoxy) is 2. The number of hydrogen-bond acceptors (Lipinski definition) is 5. The second-order valence-corrected chi connectivity index (χ2v) is 8.79. The number of carbonyl (C=O) groups is 2. The van der Waals surface area contributed by atoms with Crippen molar-refractivity contribution in [1.29, 1.82) is 0 Å². The van der Waals surface area contributed by atoms with E-state index in [4.69, 9.17) is 14.6 Å². The first-order chi connectivity index (χ1) is 16.4. The predicted octanol–water partition coefficient (Wildman–Crippen LogP) is 4.77. The first-order valence-electron chi connectivity index (χ1n) is 10.9. The fourth-order valence-corrected chi connectivity index (χ4v) is 4.17. The van der Waals surface area contributed by atoms with E-state index in [0.29, 0.717) is 43.3 Å². The molecule has 7 nitrogen and oxygen atoms in total. The Labute approximate surface area is 206 Å². The maximum Gasteiger partial charge on any atom is 0.341 e. The van der Waals surface area contributed by atoms with Gasteiger partial charge in [0.2, 0.25) is 0 Å². The molecule has 1 aliphatic heterocycles. The standard InChI is InChI=1S/C26H25BrN2O5/c1-18-5-2-3-6-21(18)26(32)29(20-11-9-19(27)10-12-20)14-13-28-15-16-33-25-22(28)7-4-8-23(25)34-17-24(30)31/h2-12H,13-17H2,1H3,(H,30,31). The summed E-state index contributed by atoms with van der Waals surface area (Å²) in [6, 6.07) is 20.7. The van der Waals surface area contributed by atoms with Crippen molar-refractivity contribution in [3.05, 3.63) is 82.3 Å². The van der Waals surface area contributed by atoms with Gasteiger partial charge in [-0.2, -0.15) is 0 Å². The molecule has 0 spiro atoms. The van der Waals surface area contributed by atoms with Gasteiger partial charge in [0.1, 0.15) is 6.61 Å². The third-order valence-corrected chi connectivity index (χ3v) is 6.14. The van der Waals surface area contributed by atoms with Gasteiger partial charge in [-0.3, -0.25) is 4.79 Å². The van der Waals surface area contributed by atoms with Crippen molar-refractivity contribution in [2.45, 2.75) is 6.92 Å². The molecule has 8 heteroatoms. The molecule has 176 valence electrons. The molecule has 0 saturated carbocycles. The molecule has 4 rings (SSSR count). The number of carboxylic acid groups (broad SMARTS) is 1. The van der Waals surface area contributed by atoms with E-state index in [1.165, 1.54) is 0 Å². The van der Waals surface area contributed by atoms with E-state index in [2.05, 4.69) is 20.8 Å². The van der Waals surface area contributed by atoms with Crippen LogP contribution in [0.1, 0.15) is 15.9 Å². The molecule has 1 aliphatic rings. The Bertz CT molecular complexity index is 1180. The quantitative estimate of drug-likeness (QED) is 0.457. The maximum absolute atomic E-state index is 13.6. The van der Waals surface area contributed by atoms with Crippen molar-refractivity contribution in [1.82, 2.24) is 0 Å². The lowest BCUT2D eigenvalue weighted by Gasteiger charge is -2.34. The third-order valence-electron chi connectivity index (χ3n) is 5.61. The highest BCUT2D eigenvalue weighted by Crippen LogP contribution is 2.40. The first kappa shape index (κ1) is 23.6. The highest BCUT2D eigenvalue weighted by atomic mass is 79.9. The van der Waals surface area contributed by atoms with Gasteiger partial charge in [0.15, 0.2) is 18.1 Å². The number of para-hydroxylation sites is 1. The predicted molar refractivity (Wildman–Crippen MR) is 134 cm³/mol. The summed E-state index contributed by atoms with van der Waals surface area (Å²) in [7, 11) is 0. The molecule has 0 saturated heterocycles. The molecule has 0 bridgehead atoms. The number of aliphatic carboxylic acids is 1. The molecule has 1 amide bonds. The maximum atomic E-state index is 13.6. The number of nitrogens with zero attached hydrogens (tertiary/aromatic N) is 2. The average molecular weight is 525 g/mol. The SMILES string of the molecule is Cc1ccccc1C(=O)N(CCN1CCOc2c(OCC(=O)O)cccc21)c1ccc(Br)cc1. The molecule has 0 aliphatic carbocycles. The van der Waals surface area contributed by atoms with Crippen molar-refractivity contribution >= 4 is 39.2 Å². The molecule has 0 radical (unpaired) electrons. The molecule has 0 atom stereocenters. The van der Waals surface area contributed by atoms with Gasteiger partial charge < -0.3 is 24.4 Å². The number of rotatable bonds is 8. The molecule has 1 heterocycles. The molecular formula is C26H25BrN2O5. The summed E-state index contributed by atoms with van der Waals surface area (Å²) in [5.41, 5.74) is 3.21. The Morgan fingerprint density at radius 2 is 1.85 bits per heavy atom. The van der Waals surface area contributed by atoms with Crippen LogP contribution in [0.15, 0.2) is 71.2 Å². The Morgan fingerprint density at radius 1 is 1.09 bits per heavy atom. The van der Waals surface area contributed by atoms with E-state index in [-0.39, 0.29) is 5.91 Å². The monoisotopic (exact) mass is 524 g/mol. The number of carbonyl (C=O) groups excluding carboxylic acids is 1. The minimum Gasteiger partial charge on any atom is -0.486 e. The van der Waals surface area contributed by atoms with Gasteiger partial charge in [0.05, 0.1) is 12.2 Å². The molecule has 3 aromatic carbocycles. The fraction of sp³-hybridized carbons (Fsp3) is 0.231. The zero-order chi connectivity index (χ0) is 24.1. The van der Waals surface area contributed by atoms with Crippen LogP contribution in [0.2, 0.25) is 0 Å². The Balaban J connectivity index is 1.59. The van der Waals surface area contributed by atoms with E-state index in [1.54, 1.807) is 11.0 Å². The smallest absolute Gasteiger partial charge is 0.341 e. The zero-order valence-corrected chi connectivity index (χ0v) is 20.3. The lowest BCUT2D eigenvalue weighted by atomic mass is 10.1. The minimum absolute atomic E-state index is 0.0625. The summed E-state index contributed by atoms with van der Waals surface area (Å²) >= 11 is 3.46. The molecule has 0 fully saturated rings. The van der Waals surface area contributed by atoms with Crippen molar-refractivity contribution < 1.29 is 24.2 Å². The van der Waals surface area contributed by atoms with Crippen molar-refractivity contribution in [2.24, 2.45) is 0 Å². The van der Waals surface area contributed by atoms with Crippen LogP contribution in [0.4, 0.5) is 11.4 Å². The number of halogens is 1. The second kappa shape index (κ2) is 10.6. The summed E-state index contributed by atoms with van der Waals surface area (Å²) < 4.78 is 12.2. The van der Waals surface area contributed by atoms with Gasteiger partial charge in [-0.25, -0.2) is 4.79 Å². The van der Waals surface area contributed by atoms with Gasteiger partial charge in [-0.15, -0.1) is 0 Å². The van der Waals surface area contributed by atoms with Crippen LogP contribution in [0.5, 0.6) is 11.5 Å². The van der Waals surface area contributed by atoms with Gasteiger partial charge >= 0.3 is 5.97 Å². The van der Waals surface area contributed by atoms with E-state index in [0.717, 1.165) is 21.4 Å². The van der Waals surface area contributed by atoms with Crippen LogP contribution in [0.3, 0.4) is 0 Å². The Kier molecular flexibility index (Phi) is 7.37. The third kappa shape index (κ3) is 5.34. The summed E-state index contributed by atoms with van der Waals surface area (Å²) in [6.07, 6.45) is 0. The average Bonchev–Trinajstić information content (AvgIpc) is 2.84. The van der Waals surface area contributed by atoms with Crippen molar-refractivity contribution in [3.8, 4) is 11.5 Å². The van der Waals surface area contributed by atoms with Crippen molar-refractivity contribution in [3.63, 3.8) is 0 Å². The fourth-order valence-electron chi connectivity index (χ4n) is 3.91. The van der Waals surface area contributed by atoms with Crippen LogP contribution in [0.25, 0.3) is 0 Å².